The fraction of sp³-hybridized carbons (Fsp3) is 0. The quantitative estimate of drug-likeness (QED) is 0.747. The number of hydrogen-bond donors (Lipinski definition) is 1. The minimum atomic E-state index is 0.603. The molecule has 0 fully saturated rings. The first-order valence-corrected chi connectivity index (χ1v) is 4.65. The van der Waals surface area contributed by atoms with Crippen LogP contribution in [-0.4, -0.2) is 4.98 Å². The Morgan fingerprint density at radius 1 is 1.17 bits per heavy atom. The van der Waals surface area contributed by atoms with E-state index in [1.165, 1.54) is 8.96 Å². The molecule has 0 saturated heterocycles. The minimum absolute atomic E-state index is 0.603. The normalized spacial score (nSPS) is 10.4. The maximum absolute atomic E-state index is 5.71. The Morgan fingerprint density at radius 3 is 2.75 bits per heavy atom. The third-order valence-corrected chi connectivity index (χ3v) is 2.72. The number of hydrogen-bond acceptors (Lipinski definition) is 2. The van der Waals surface area contributed by atoms with Gasteiger partial charge in [-0.05, 0) is 34.7 Å². The molecule has 60 valence electrons. The predicted octanol–water partition coefficient (Wildman–Crippen LogP) is 2.42. The van der Waals surface area contributed by atoms with Crippen LogP contribution in [0.25, 0.3) is 10.8 Å². The third kappa shape index (κ3) is 1.14. The number of fused-ring (bicyclic) bond motifs is 1. The van der Waals surface area contributed by atoms with E-state index < -0.39 is 0 Å². The average molecular weight is 270 g/mol. The lowest BCUT2D eigenvalue weighted by molar-refractivity contribution is 1.37. The lowest BCUT2D eigenvalue weighted by Gasteiger charge is -2.01. The molecule has 0 aliphatic rings. The van der Waals surface area contributed by atoms with Crippen molar-refractivity contribution in [2.24, 2.45) is 0 Å². The van der Waals surface area contributed by atoms with E-state index in [9.17, 15) is 0 Å². The number of rotatable bonds is 0. The molecule has 0 atom stereocenters. The second kappa shape index (κ2) is 2.90. The number of nitrogens with zero attached hydrogens (tertiary/aromatic N) is 1. The zero-order valence-electron chi connectivity index (χ0n) is 6.29. The Kier molecular flexibility index (Phi) is 1.88. The molecule has 0 unspecified atom stereocenters. The van der Waals surface area contributed by atoms with E-state index in [2.05, 4.69) is 33.6 Å². The van der Waals surface area contributed by atoms with E-state index in [1.54, 1.807) is 6.20 Å². The Morgan fingerprint density at radius 2 is 2.00 bits per heavy atom. The fourth-order valence-electron chi connectivity index (χ4n) is 1.19. The van der Waals surface area contributed by atoms with E-state index >= 15 is 0 Å². The van der Waals surface area contributed by atoms with Crippen molar-refractivity contribution in [2.45, 2.75) is 0 Å². The van der Waals surface area contributed by atoms with Gasteiger partial charge in [0.15, 0.2) is 0 Å². The van der Waals surface area contributed by atoms with Gasteiger partial charge in [0.2, 0.25) is 0 Å². The van der Waals surface area contributed by atoms with E-state index in [4.69, 9.17) is 5.73 Å². The molecule has 2 nitrogen and oxygen atoms in total. The van der Waals surface area contributed by atoms with Crippen molar-refractivity contribution in [1.29, 1.82) is 0 Å². The van der Waals surface area contributed by atoms with Crippen LogP contribution in [0.5, 0.6) is 0 Å². The van der Waals surface area contributed by atoms with Crippen LogP contribution in [0.4, 0.5) is 5.82 Å². The molecule has 2 N–H and O–H groups in total. The number of aromatic nitrogens is 1. The van der Waals surface area contributed by atoms with Crippen LogP contribution in [0.15, 0.2) is 30.5 Å². The number of nitrogen functional groups attached to an aromatic ring is 1. The van der Waals surface area contributed by atoms with Crippen LogP contribution < -0.4 is 5.73 Å². The van der Waals surface area contributed by atoms with E-state index in [-0.39, 0.29) is 0 Å². The monoisotopic (exact) mass is 270 g/mol. The maximum atomic E-state index is 5.71. The first-order chi connectivity index (χ1) is 5.79. The second-order valence-corrected chi connectivity index (χ2v) is 3.69. The average Bonchev–Trinajstić information content (AvgIpc) is 2.07. The molecule has 0 saturated carbocycles. The van der Waals surface area contributed by atoms with Gasteiger partial charge in [0, 0.05) is 20.5 Å². The summed E-state index contributed by atoms with van der Waals surface area (Å²) in [6.07, 6.45) is 1.74. The van der Waals surface area contributed by atoms with Crippen LogP contribution in [0, 0.1) is 3.57 Å². The van der Waals surface area contributed by atoms with Crippen molar-refractivity contribution < 1.29 is 0 Å². The molecule has 0 spiro atoms. The summed E-state index contributed by atoms with van der Waals surface area (Å²) >= 11 is 2.29. The van der Waals surface area contributed by atoms with E-state index in [0.717, 1.165) is 5.39 Å². The zero-order chi connectivity index (χ0) is 8.55. The van der Waals surface area contributed by atoms with Crippen LogP contribution in [0.1, 0.15) is 0 Å². The molecular formula is C9H7IN2. The van der Waals surface area contributed by atoms with Crippen LogP contribution >= 0.6 is 22.6 Å². The van der Waals surface area contributed by atoms with E-state index in [0.29, 0.717) is 5.82 Å². The molecule has 3 heteroatoms. The van der Waals surface area contributed by atoms with Crippen molar-refractivity contribution in [3.63, 3.8) is 0 Å². The molecular weight excluding hydrogens is 263 g/mol. The molecule has 1 heterocycles. The molecule has 1 aromatic carbocycles. The highest BCUT2D eigenvalue weighted by Gasteiger charge is 1.99. The molecule has 0 bridgehead atoms. The summed E-state index contributed by atoms with van der Waals surface area (Å²) in [6.45, 7) is 0. The van der Waals surface area contributed by atoms with Gasteiger partial charge < -0.3 is 5.73 Å². The summed E-state index contributed by atoms with van der Waals surface area (Å²) < 4.78 is 1.21. The Balaban J connectivity index is 2.94. The van der Waals surface area contributed by atoms with E-state index in [1.807, 2.05) is 18.2 Å². The third-order valence-electron chi connectivity index (χ3n) is 1.78. The lowest BCUT2D eigenvalue weighted by atomic mass is 10.2. The molecule has 0 aliphatic carbocycles. The standard InChI is InChI=1S/C9H7IN2/c10-8-3-1-2-7-6(8)4-5-12-9(7)11/h1-5H,(H2,11,12). The zero-order valence-corrected chi connectivity index (χ0v) is 8.45. The summed E-state index contributed by atoms with van der Waals surface area (Å²) in [5, 5.41) is 2.20. The molecule has 2 rings (SSSR count). The first-order valence-electron chi connectivity index (χ1n) is 3.58. The van der Waals surface area contributed by atoms with Gasteiger partial charge in [-0.1, -0.05) is 12.1 Å². The highest BCUT2D eigenvalue weighted by Crippen LogP contribution is 2.22. The molecule has 2 aromatic rings. The summed E-state index contributed by atoms with van der Waals surface area (Å²) in [7, 11) is 0. The summed E-state index contributed by atoms with van der Waals surface area (Å²) in [6, 6.07) is 8.01. The lowest BCUT2D eigenvalue weighted by Crippen LogP contribution is -1.91. The van der Waals surface area contributed by atoms with Gasteiger partial charge in [-0.2, -0.15) is 0 Å². The van der Waals surface area contributed by atoms with Gasteiger partial charge in [0.05, 0.1) is 0 Å². The van der Waals surface area contributed by atoms with Crippen molar-refractivity contribution in [2.75, 3.05) is 5.73 Å². The Labute approximate surface area is 83.9 Å². The minimum Gasteiger partial charge on any atom is -0.383 e. The predicted molar refractivity (Wildman–Crippen MR) is 58.9 cm³/mol. The number of benzene rings is 1. The number of nitrogens with two attached hydrogens (primary N) is 1. The van der Waals surface area contributed by atoms with Crippen LogP contribution in [0.2, 0.25) is 0 Å². The molecule has 0 aliphatic heterocycles. The number of anilines is 1. The molecule has 0 radical (unpaired) electrons. The fourth-order valence-corrected chi connectivity index (χ4v) is 1.87. The Hall–Kier alpha value is -0.840. The number of halogens is 1. The highest BCUT2D eigenvalue weighted by molar-refractivity contribution is 14.1. The van der Waals surface area contributed by atoms with Gasteiger partial charge in [0.1, 0.15) is 5.82 Å². The first kappa shape index (κ1) is 7.79. The van der Waals surface area contributed by atoms with Gasteiger partial charge in [-0.25, -0.2) is 4.98 Å². The molecule has 12 heavy (non-hydrogen) atoms. The summed E-state index contributed by atoms with van der Waals surface area (Å²) in [5.41, 5.74) is 5.71. The summed E-state index contributed by atoms with van der Waals surface area (Å²) in [4.78, 5) is 4.02. The van der Waals surface area contributed by atoms with Crippen molar-refractivity contribution in [3.05, 3.63) is 34.0 Å². The second-order valence-electron chi connectivity index (χ2n) is 2.53. The highest BCUT2D eigenvalue weighted by atomic mass is 127. The van der Waals surface area contributed by atoms with Crippen molar-refractivity contribution >= 4 is 39.2 Å². The van der Waals surface area contributed by atoms with Gasteiger partial charge >= 0.3 is 0 Å². The van der Waals surface area contributed by atoms with Crippen molar-refractivity contribution in [1.82, 2.24) is 4.98 Å². The molecule has 0 amide bonds. The van der Waals surface area contributed by atoms with Gasteiger partial charge in [-0.3, -0.25) is 0 Å². The smallest absolute Gasteiger partial charge is 0.131 e. The van der Waals surface area contributed by atoms with Crippen LogP contribution in [0.3, 0.4) is 0 Å². The topological polar surface area (TPSA) is 38.9 Å². The summed E-state index contributed by atoms with van der Waals surface area (Å²) in [5.74, 6) is 0.603. The maximum Gasteiger partial charge on any atom is 0.131 e. The van der Waals surface area contributed by atoms with Gasteiger partial charge in [-0.15, -0.1) is 0 Å². The Bertz CT molecular complexity index is 385. The number of pyridine rings is 1. The molecule has 1 aromatic heterocycles. The largest absolute Gasteiger partial charge is 0.383 e. The SMILES string of the molecule is Nc1nccc2c(I)cccc12. The van der Waals surface area contributed by atoms with Crippen molar-refractivity contribution in [3.8, 4) is 0 Å². The van der Waals surface area contributed by atoms with Crippen LogP contribution in [-0.2, 0) is 0 Å². The van der Waals surface area contributed by atoms with Gasteiger partial charge in [0.25, 0.3) is 0 Å².